The predicted octanol–water partition coefficient (Wildman–Crippen LogP) is 1.79. The molecule has 1 fully saturated rings. The van der Waals surface area contributed by atoms with E-state index in [0.717, 1.165) is 11.3 Å². The van der Waals surface area contributed by atoms with E-state index in [9.17, 15) is 14.7 Å². The third kappa shape index (κ3) is 3.91. The molecule has 3 N–H and O–H groups in total. The van der Waals surface area contributed by atoms with Crippen LogP contribution in [0.3, 0.4) is 0 Å². The maximum absolute atomic E-state index is 12.4. The maximum Gasteiger partial charge on any atom is 0.327 e. The molecule has 1 saturated heterocycles. The Morgan fingerprint density at radius 1 is 1.43 bits per heavy atom. The van der Waals surface area contributed by atoms with Gasteiger partial charge in [-0.1, -0.05) is 19.1 Å². The van der Waals surface area contributed by atoms with Crippen molar-refractivity contribution in [2.24, 2.45) is 0 Å². The van der Waals surface area contributed by atoms with Crippen molar-refractivity contribution in [3.8, 4) is 0 Å². The number of carboxylic acids is 1. The third-order valence-electron chi connectivity index (χ3n) is 3.72. The minimum Gasteiger partial charge on any atom is -0.480 e. The first kappa shape index (κ1) is 15.7. The van der Waals surface area contributed by atoms with Gasteiger partial charge in [0.2, 0.25) is 5.91 Å². The number of nitrogen functional groups attached to an aromatic ring is 1. The van der Waals surface area contributed by atoms with Gasteiger partial charge in [0.25, 0.3) is 0 Å². The highest BCUT2D eigenvalue weighted by Crippen LogP contribution is 2.24. The molecule has 0 radical (unpaired) electrons. The molecular formula is C15H20N2O3S. The monoisotopic (exact) mass is 308 g/mol. The van der Waals surface area contributed by atoms with Crippen LogP contribution >= 0.6 is 11.8 Å². The number of hydrogen-bond acceptors (Lipinski definition) is 4. The lowest BCUT2D eigenvalue weighted by Gasteiger charge is -2.33. The van der Waals surface area contributed by atoms with Gasteiger partial charge < -0.3 is 15.7 Å². The minimum absolute atomic E-state index is 0.0436. The molecule has 6 heteroatoms. The zero-order valence-corrected chi connectivity index (χ0v) is 12.8. The van der Waals surface area contributed by atoms with Crippen LogP contribution in [-0.4, -0.2) is 46.0 Å². The van der Waals surface area contributed by atoms with E-state index in [-0.39, 0.29) is 11.8 Å². The predicted molar refractivity (Wildman–Crippen MR) is 84.3 cm³/mol. The highest BCUT2D eigenvalue weighted by molar-refractivity contribution is 7.99. The van der Waals surface area contributed by atoms with Crippen LogP contribution in [-0.2, 0) is 9.59 Å². The molecule has 0 aliphatic carbocycles. The number of aliphatic carboxylic acids is 1. The number of carbonyl (C=O) groups is 2. The van der Waals surface area contributed by atoms with Crippen molar-refractivity contribution in [1.29, 1.82) is 0 Å². The minimum atomic E-state index is -0.921. The van der Waals surface area contributed by atoms with Crippen LogP contribution in [0.2, 0.25) is 0 Å². The largest absolute Gasteiger partial charge is 0.480 e. The van der Waals surface area contributed by atoms with E-state index in [0.29, 0.717) is 24.4 Å². The number of rotatable bonds is 4. The van der Waals surface area contributed by atoms with Crippen molar-refractivity contribution in [3.63, 3.8) is 0 Å². The summed E-state index contributed by atoms with van der Waals surface area (Å²) in [6, 6.07) is 6.75. The first-order chi connectivity index (χ1) is 9.99. The molecule has 1 aromatic carbocycles. The van der Waals surface area contributed by atoms with Crippen molar-refractivity contribution >= 4 is 29.3 Å². The summed E-state index contributed by atoms with van der Waals surface area (Å²) in [5.41, 5.74) is 7.38. The van der Waals surface area contributed by atoms with Crippen LogP contribution < -0.4 is 5.73 Å². The molecule has 2 unspecified atom stereocenters. The van der Waals surface area contributed by atoms with Crippen LogP contribution in [0.4, 0.5) is 5.69 Å². The fourth-order valence-corrected chi connectivity index (χ4v) is 3.47. The topological polar surface area (TPSA) is 83.6 Å². The molecule has 0 spiro atoms. The number of amides is 1. The van der Waals surface area contributed by atoms with Gasteiger partial charge >= 0.3 is 5.97 Å². The highest BCUT2D eigenvalue weighted by atomic mass is 32.2. The molecular weight excluding hydrogens is 288 g/mol. The van der Waals surface area contributed by atoms with E-state index < -0.39 is 12.0 Å². The average Bonchev–Trinajstić information content (AvgIpc) is 2.47. The van der Waals surface area contributed by atoms with Gasteiger partial charge in [-0.05, 0) is 23.6 Å². The number of nitrogens with zero attached hydrogens (tertiary/aromatic N) is 1. The maximum atomic E-state index is 12.4. The number of benzene rings is 1. The number of carbonyl (C=O) groups excluding carboxylic acids is 1. The lowest BCUT2D eigenvalue weighted by Crippen LogP contribution is -2.50. The number of carboxylic acid groups (broad SMARTS) is 1. The molecule has 1 amide bonds. The summed E-state index contributed by atoms with van der Waals surface area (Å²) in [6.07, 6.45) is 0.318. The van der Waals surface area contributed by atoms with Crippen molar-refractivity contribution in [2.45, 2.75) is 25.3 Å². The van der Waals surface area contributed by atoms with E-state index in [4.69, 9.17) is 5.73 Å². The standard InChI is InChI=1S/C15H20N2O3S/c1-10(11-2-4-12(16)5-3-11)8-14(18)17-6-7-21-9-13(17)15(19)20/h2-5,10,13H,6-9,16H2,1H3,(H,19,20). The second-order valence-corrected chi connectivity index (χ2v) is 6.44. The van der Waals surface area contributed by atoms with Gasteiger partial charge in [-0.15, -0.1) is 0 Å². The molecule has 1 heterocycles. The summed E-state index contributed by atoms with van der Waals surface area (Å²) in [6.45, 7) is 2.48. The number of thioether (sulfide) groups is 1. The Hall–Kier alpha value is -1.69. The molecule has 0 aromatic heterocycles. The Kier molecular flexibility index (Phi) is 5.12. The van der Waals surface area contributed by atoms with Gasteiger partial charge in [-0.25, -0.2) is 4.79 Å². The van der Waals surface area contributed by atoms with Gasteiger partial charge in [0.15, 0.2) is 0 Å². The lowest BCUT2D eigenvalue weighted by atomic mass is 9.96. The Bertz CT molecular complexity index is 518. The van der Waals surface area contributed by atoms with E-state index in [2.05, 4.69) is 0 Å². The summed E-state index contributed by atoms with van der Waals surface area (Å²) in [7, 11) is 0. The molecule has 0 saturated carbocycles. The van der Waals surface area contributed by atoms with Gasteiger partial charge in [0.05, 0.1) is 0 Å². The molecule has 114 valence electrons. The van der Waals surface area contributed by atoms with E-state index >= 15 is 0 Å². The fraction of sp³-hybridized carbons (Fsp3) is 0.467. The van der Waals surface area contributed by atoms with Gasteiger partial charge in [0, 0.05) is 30.2 Å². The average molecular weight is 308 g/mol. The first-order valence-corrected chi connectivity index (χ1v) is 8.10. The van der Waals surface area contributed by atoms with Gasteiger partial charge in [0.1, 0.15) is 6.04 Å². The SMILES string of the molecule is CC(CC(=O)N1CCSCC1C(=O)O)c1ccc(N)cc1. The van der Waals surface area contributed by atoms with Gasteiger partial charge in [-0.2, -0.15) is 11.8 Å². The molecule has 21 heavy (non-hydrogen) atoms. The van der Waals surface area contributed by atoms with E-state index in [1.807, 2.05) is 31.2 Å². The van der Waals surface area contributed by atoms with Crippen LogP contribution in [0, 0.1) is 0 Å². The lowest BCUT2D eigenvalue weighted by molar-refractivity contribution is -0.149. The van der Waals surface area contributed by atoms with Crippen molar-refractivity contribution in [2.75, 3.05) is 23.8 Å². The van der Waals surface area contributed by atoms with Crippen LogP contribution in [0.25, 0.3) is 0 Å². The van der Waals surface area contributed by atoms with Crippen LogP contribution in [0.15, 0.2) is 24.3 Å². The highest BCUT2D eigenvalue weighted by Gasteiger charge is 2.32. The van der Waals surface area contributed by atoms with E-state index in [1.165, 1.54) is 4.90 Å². The Labute approximate surface area is 128 Å². The molecule has 2 atom stereocenters. The van der Waals surface area contributed by atoms with E-state index in [1.54, 1.807) is 11.8 Å². The second-order valence-electron chi connectivity index (χ2n) is 5.29. The first-order valence-electron chi connectivity index (χ1n) is 6.94. The normalized spacial score (nSPS) is 20.0. The number of hydrogen-bond donors (Lipinski definition) is 2. The fourth-order valence-electron chi connectivity index (χ4n) is 2.43. The van der Waals surface area contributed by atoms with Gasteiger partial charge in [-0.3, -0.25) is 4.79 Å². The summed E-state index contributed by atoms with van der Waals surface area (Å²) in [4.78, 5) is 25.1. The Morgan fingerprint density at radius 2 is 2.10 bits per heavy atom. The summed E-state index contributed by atoms with van der Waals surface area (Å²) in [5.74, 6) is 0.299. The molecule has 1 aromatic rings. The third-order valence-corrected chi connectivity index (χ3v) is 4.74. The second kappa shape index (κ2) is 6.85. The van der Waals surface area contributed by atoms with Crippen LogP contribution in [0.5, 0.6) is 0 Å². The van der Waals surface area contributed by atoms with Crippen molar-refractivity contribution in [3.05, 3.63) is 29.8 Å². The summed E-state index contributed by atoms with van der Waals surface area (Å²) >= 11 is 1.58. The molecule has 0 bridgehead atoms. The van der Waals surface area contributed by atoms with Crippen molar-refractivity contribution in [1.82, 2.24) is 4.90 Å². The molecule has 1 aliphatic heterocycles. The quantitative estimate of drug-likeness (QED) is 0.829. The molecule has 2 rings (SSSR count). The zero-order chi connectivity index (χ0) is 15.4. The summed E-state index contributed by atoms with van der Waals surface area (Å²) < 4.78 is 0. The number of anilines is 1. The Morgan fingerprint density at radius 3 is 2.71 bits per heavy atom. The number of nitrogens with two attached hydrogens (primary N) is 1. The molecule has 1 aliphatic rings. The smallest absolute Gasteiger partial charge is 0.327 e. The van der Waals surface area contributed by atoms with Crippen LogP contribution in [0.1, 0.15) is 24.8 Å². The Balaban J connectivity index is 2.02. The zero-order valence-electron chi connectivity index (χ0n) is 12.0. The summed E-state index contributed by atoms with van der Waals surface area (Å²) in [5, 5.41) is 9.22. The molecule has 5 nitrogen and oxygen atoms in total. The van der Waals surface area contributed by atoms with Crippen molar-refractivity contribution < 1.29 is 14.7 Å².